The Morgan fingerprint density at radius 1 is 1.58 bits per heavy atom. The summed E-state index contributed by atoms with van der Waals surface area (Å²) >= 11 is 0. The second kappa shape index (κ2) is 2.66. The van der Waals surface area contributed by atoms with E-state index in [1.165, 1.54) is 0 Å². The van der Waals surface area contributed by atoms with Crippen LogP contribution in [0.15, 0.2) is 12.3 Å². The first kappa shape index (κ1) is 7.40. The van der Waals surface area contributed by atoms with Crippen molar-refractivity contribution in [3.8, 4) is 5.75 Å². The van der Waals surface area contributed by atoms with Crippen molar-refractivity contribution in [2.75, 3.05) is 5.73 Å². The molecule has 1 saturated carbocycles. The Balaban J connectivity index is 2.18. The topological polar surface area (TPSA) is 48.1 Å². The van der Waals surface area contributed by atoms with Gasteiger partial charge in [-0.15, -0.1) is 0 Å². The second-order valence-corrected chi connectivity index (χ2v) is 3.18. The van der Waals surface area contributed by atoms with Gasteiger partial charge in [0.25, 0.3) is 0 Å². The fraction of sp³-hybridized carbons (Fsp3) is 0.444. The van der Waals surface area contributed by atoms with E-state index in [2.05, 4.69) is 4.98 Å². The van der Waals surface area contributed by atoms with Crippen LogP contribution in [0, 0.1) is 6.92 Å². The molecule has 12 heavy (non-hydrogen) atoms. The third kappa shape index (κ3) is 1.49. The van der Waals surface area contributed by atoms with Crippen molar-refractivity contribution in [3.63, 3.8) is 0 Å². The lowest BCUT2D eigenvalue weighted by Gasteiger charge is -2.06. The summed E-state index contributed by atoms with van der Waals surface area (Å²) in [6.45, 7) is 1.91. The third-order valence-electron chi connectivity index (χ3n) is 1.85. The number of nitrogen functional groups attached to an aromatic ring is 1. The highest BCUT2D eigenvalue weighted by atomic mass is 16.5. The van der Waals surface area contributed by atoms with Crippen molar-refractivity contribution in [2.24, 2.45) is 0 Å². The predicted octanol–water partition coefficient (Wildman–Crippen LogP) is 1.51. The van der Waals surface area contributed by atoms with Gasteiger partial charge in [-0.25, -0.2) is 0 Å². The molecule has 0 aliphatic heterocycles. The molecule has 0 aromatic carbocycles. The van der Waals surface area contributed by atoms with E-state index in [1.807, 2.05) is 13.0 Å². The second-order valence-electron chi connectivity index (χ2n) is 3.18. The number of ether oxygens (including phenoxy) is 1. The number of rotatable bonds is 2. The van der Waals surface area contributed by atoms with Gasteiger partial charge in [-0.1, -0.05) is 0 Å². The molecular weight excluding hydrogens is 152 g/mol. The van der Waals surface area contributed by atoms with Crippen molar-refractivity contribution >= 4 is 5.69 Å². The van der Waals surface area contributed by atoms with Gasteiger partial charge in [-0.3, -0.25) is 4.98 Å². The summed E-state index contributed by atoms with van der Waals surface area (Å²) in [6, 6.07) is 1.83. The van der Waals surface area contributed by atoms with E-state index in [0.29, 0.717) is 11.8 Å². The maximum Gasteiger partial charge on any atom is 0.160 e. The average molecular weight is 164 g/mol. The Kier molecular flexibility index (Phi) is 1.64. The van der Waals surface area contributed by atoms with Crippen LogP contribution in [-0.4, -0.2) is 11.1 Å². The monoisotopic (exact) mass is 164 g/mol. The van der Waals surface area contributed by atoms with Gasteiger partial charge in [0.05, 0.1) is 18.0 Å². The number of aromatic nitrogens is 1. The van der Waals surface area contributed by atoms with Crippen molar-refractivity contribution < 1.29 is 4.74 Å². The van der Waals surface area contributed by atoms with E-state index >= 15 is 0 Å². The van der Waals surface area contributed by atoms with Crippen LogP contribution in [0.3, 0.4) is 0 Å². The number of hydrogen-bond acceptors (Lipinski definition) is 3. The Morgan fingerprint density at radius 2 is 2.33 bits per heavy atom. The van der Waals surface area contributed by atoms with Crippen molar-refractivity contribution in [1.82, 2.24) is 4.98 Å². The zero-order valence-electron chi connectivity index (χ0n) is 7.08. The van der Waals surface area contributed by atoms with E-state index in [1.54, 1.807) is 6.20 Å². The van der Waals surface area contributed by atoms with Crippen LogP contribution in [0.2, 0.25) is 0 Å². The van der Waals surface area contributed by atoms with Gasteiger partial charge >= 0.3 is 0 Å². The maximum absolute atomic E-state index is 5.73. The summed E-state index contributed by atoms with van der Waals surface area (Å²) in [6.07, 6.45) is 4.38. The van der Waals surface area contributed by atoms with Crippen molar-refractivity contribution in [3.05, 3.63) is 18.0 Å². The molecule has 1 aliphatic carbocycles. The minimum absolute atomic E-state index is 0.386. The van der Waals surface area contributed by atoms with Crippen LogP contribution in [0.1, 0.15) is 18.5 Å². The Bertz CT molecular complexity index is 295. The minimum Gasteiger partial charge on any atom is -0.487 e. The average Bonchev–Trinajstić information content (AvgIpc) is 2.79. The molecule has 0 saturated heterocycles. The molecule has 3 nitrogen and oxygen atoms in total. The van der Waals surface area contributed by atoms with Gasteiger partial charge < -0.3 is 10.5 Å². The van der Waals surface area contributed by atoms with Crippen molar-refractivity contribution in [1.29, 1.82) is 0 Å². The predicted molar refractivity (Wildman–Crippen MR) is 47.0 cm³/mol. The Morgan fingerprint density at radius 3 is 2.92 bits per heavy atom. The third-order valence-corrected chi connectivity index (χ3v) is 1.85. The molecule has 0 spiro atoms. The van der Waals surface area contributed by atoms with Crippen LogP contribution in [0.4, 0.5) is 5.69 Å². The molecule has 3 heteroatoms. The van der Waals surface area contributed by atoms with E-state index in [-0.39, 0.29) is 0 Å². The van der Waals surface area contributed by atoms with E-state index in [9.17, 15) is 0 Å². The van der Waals surface area contributed by atoms with Gasteiger partial charge in [0, 0.05) is 5.69 Å². The first-order chi connectivity index (χ1) is 5.75. The van der Waals surface area contributed by atoms with Gasteiger partial charge in [0.15, 0.2) is 5.75 Å². The summed E-state index contributed by atoms with van der Waals surface area (Å²) < 4.78 is 5.52. The number of nitrogens with zero attached hydrogens (tertiary/aromatic N) is 1. The molecule has 64 valence electrons. The summed E-state index contributed by atoms with van der Waals surface area (Å²) in [5.41, 5.74) is 7.35. The summed E-state index contributed by atoms with van der Waals surface area (Å²) in [4.78, 5) is 4.12. The Hall–Kier alpha value is -1.25. The molecule has 0 unspecified atom stereocenters. The quantitative estimate of drug-likeness (QED) is 0.720. The minimum atomic E-state index is 0.386. The number of hydrogen-bond donors (Lipinski definition) is 1. The molecular formula is C9H12N2O. The molecule has 0 radical (unpaired) electrons. The molecule has 1 fully saturated rings. The molecule has 1 aliphatic rings. The fourth-order valence-corrected chi connectivity index (χ4v) is 1.03. The lowest BCUT2D eigenvalue weighted by Crippen LogP contribution is -2.00. The summed E-state index contributed by atoms with van der Waals surface area (Å²) in [7, 11) is 0. The van der Waals surface area contributed by atoms with Gasteiger partial charge in [-0.05, 0) is 25.8 Å². The molecule has 0 atom stereocenters. The first-order valence-corrected chi connectivity index (χ1v) is 4.14. The van der Waals surface area contributed by atoms with Crippen LogP contribution >= 0.6 is 0 Å². The van der Waals surface area contributed by atoms with Gasteiger partial charge in [0.1, 0.15) is 0 Å². The zero-order chi connectivity index (χ0) is 8.55. The number of nitrogens with two attached hydrogens (primary N) is 1. The number of aryl methyl sites for hydroxylation is 1. The van der Waals surface area contributed by atoms with Crippen LogP contribution < -0.4 is 10.5 Å². The number of pyridine rings is 1. The van der Waals surface area contributed by atoms with Crippen LogP contribution in [0.5, 0.6) is 5.75 Å². The SMILES string of the molecule is Cc1cc(N)c(OC2CC2)cn1. The smallest absolute Gasteiger partial charge is 0.160 e. The zero-order valence-corrected chi connectivity index (χ0v) is 7.08. The standard InChI is InChI=1S/C9H12N2O/c1-6-4-8(10)9(5-11-6)12-7-2-3-7/h4-5,7H,2-3H2,1H3,(H2,10,11). The van der Waals surface area contributed by atoms with Gasteiger partial charge in [0.2, 0.25) is 0 Å². The Labute approximate surface area is 71.6 Å². The molecule has 0 bridgehead atoms. The molecule has 1 heterocycles. The van der Waals surface area contributed by atoms with Crippen LogP contribution in [0.25, 0.3) is 0 Å². The van der Waals surface area contributed by atoms with Crippen molar-refractivity contribution in [2.45, 2.75) is 25.9 Å². The highest BCUT2D eigenvalue weighted by Crippen LogP contribution is 2.29. The highest BCUT2D eigenvalue weighted by Gasteiger charge is 2.24. The van der Waals surface area contributed by atoms with E-state index in [0.717, 1.165) is 24.3 Å². The molecule has 0 amide bonds. The molecule has 2 rings (SSSR count). The lowest BCUT2D eigenvalue weighted by atomic mass is 10.3. The summed E-state index contributed by atoms with van der Waals surface area (Å²) in [5, 5.41) is 0. The first-order valence-electron chi connectivity index (χ1n) is 4.14. The van der Waals surface area contributed by atoms with Crippen LogP contribution in [-0.2, 0) is 0 Å². The maximum atomic E-state index is 5.73. The lowest BCUT2D eigenvalue weighted by molar-refractivity contribution is 0.303. The highest BCUT2D eigenvalue weighted by molar-refractivity contribution is 5.51. The molecule has 1 aromatic heterocycles. The molecule has 2 N–H and O–H groups in total. The van der Waals surface area contributed by atoms with E-state index < -0.39 is 0 Å². The van der Waals surface area contributed by atoms with E-state index in [4.69, 9.17) is 10.5 Å². The molecule has 1 aromatic rings. The normalized spacial score (nSPS) is 16.1. The fourth-order valence-electron chi connectivity index (χ4n) is 1.03. The van der Waals surface area contributed by atoms with Gasteiger partial charge in [-0.2, -0.15) is 0 Å². The number of anilines is 1. The summed E-state index contributed by atoms with van der Waals surface area (Å²) in [5.74, 6) is 0.725. The largest absolute Gasteiger partial charge is 0.487 e.